The van der Waals surface area contributed by atoms with Crippen LogP contribution in [0.5, 0.6) is 0 Å². The van der Waals surface area contributed by atoms with Crippen LogP contribution in [0.3, 0.4) is 0 Å². The van der Waals surface area contributed by atoms with Crippen molar-refractivity contribution in [1.82, 2.24) is 14.3 Å². The molecule has 0 unspecified atom stereocenters. The van der Waals surface area contributed by atoms with Gasteiger partial charge in [0.05, 0.1) is 18.0 Å². The van der Waals surface area contributed by atoms with Crippen molar-refractivity contribution in [3.63, 3.8) is 0 Å². The normalized spacial score (nSPS) is 18.9. The van der Waals surface area contributed by atoms with Gasteiger partial charge in [0.15, 0.2) is 0 Å². The quantitative estimate of drug-likeness (QED) is 0.805. The first-order chi connectivity index (χ1) is 8.83. The number of aliphatic hydroxyl groups is 1. The standard InChI is InChI=1S/C11H18N4O3S/c1-15(8-11(16)4-2-3-5-11)19(17,18)9-6-13-10(12)14-7-9/h6-7,16H,2-5,8H2,1H3,(H2,12,13,14). The summed E-state index contributed by atoms with van der Waals surface area (Å²) in [5.41, 5.74) is 4.41. The molecule has 1 aromatic rings. The van der Waals surface area contributed by atoms with Gasteiger partial charge in [-0.15, -0.1) is 0 Å². The number of nitrogens with two attached hydrogens (primary N) is 1. The summed E-state index contributed by atoms with van der Waals surface area (Å²) in [6, 6.07) is 0. The summed E-state index contributed by atoms with van der Waals surface area (Å²) in [6.07, 6.45) is 5.46. The van der Waals surface area contributed by atoms with E-state index in [0.29, 0.717) is 12.8 Å². The maximum atomic E-state index is 12.3. The van der Waals surface area contributed by atoms with E-state index in [2.05, 4.69) is 9.97 Å². The van der Waals surface area contributed by atoms with Gasteiger partial charge in [-0.25, -0.2) is 18.4 Å². The summed E-state index contributed by atoms with van der Waals surface area (Å²) in [6.45, 7) is 0.0830. The summed E-state index contributed by atoms with van der Waals surface area (Å²) in [7, 11) is -2.24. The van der Waals surface area contributed by atoms with E-state index in [0.717, 1.165) is 17.1 Å². The third-order valence-electron chi connectivity index (χ3n) is 3.41. The largest absolute Gasteiger partial charge is 0.389 e. The second-order valence-corrected chi connectivity index (χ2v) is 7.01. The third kappa shape index (κ3) is 3.02. The molecule has 0 saturated heterocycles. The maximum Gasteiger partial charge on any atom is 0.245 e. The highest BCUT2D eigenvalue weighted by Gasteiger charge is 2.35. The Hall–Kier alpha value is -1.25. The summed E-state index contributed by atoms with van der Waals surface area (Å²) in [4.78, 5) is 7.33. The molecule has 1 heterocycles. The van der Waals surface area contributed by atoms with E-state index >= 15 is 0 Å². The molecule has 1 fully saturated rings. The van der Waals surface area contributed by atoms with Gasteiger partial charge in [-0.2, -0.15) is 4.31 Å². The molecule has 106 valence electrons. The Morgan fingerprint density at radius 1 is 1.37 bits per heavy atom. The lowest BCUT2D eigenvalue weighted by Crippen LogP contribution is -2.42. The van der Waals surface area contributed by atoms with Gasteiger partial charge in [0, 0.05) is 13.6 Å². The number of hydrogen-bond acceptors (Lipinski definition) is 6. The van der Waals surface area contributed by atoms with Crippen molar-refractivity contribution in [3.05, 3.63) is 12.4 Å². The molecule has 1 aliphatic rings. The van der Waals surface area contributed by atoms with Gasteiger partial charge in [0.25, 0.3) is 0 Å². The van der Waals surface area contributed by atoms with Crippen LogP contribution < -0.4 is 5.73 Å². The lowest BCUT2D eigenvalue weighted by Gasteiger charge is -2.27. The van der Waals surface area contributed by atoms with Gasteiger partial charge in [-0.3, -0.25) is 0 Å². The molecule has 8 heteroatoms. The molecule has 2 rings (SSSR count). The minimum absolute atomic E-state index is 0.0224. The lowest BCUT2D eigenvalue weighted by molar-refractivity contribution is 0.0333. The number of nitrogens with zero attached hydrogens (tertiary/aromatic N) is 3. The number of anilines is 1. The van der Waals surface area contributed by atoms with Crippen LogP contribution in [0.1, 0.15) is 25.7 Å². The van der Waals surface area contributed by atoms with E-state index in [1.54, 1.807) is 0 Å². The van der Waals surface area contributed by atoms with Crippen LogP contribution in [0.25, 0.3) is 0 Å². The third-order valence-corrected chi connectivity index (χ3v) is 5.16. The molecule has 0 aliphatic heterocycles. The van der Waals surface area contributed by atoms with Crippen molar-refractivity contribution in [3.8, 4) is 0 Å². The van der Waals surface area contributed by atoms with Crippen LogP contribution in [-0.2, 0) is 10.0 Å². The molecule has 0 aromatic carbocycles. The molecule has 0 spiro atoms. The van der Waals surface area contributed by atoms with Crippen molar-refractivity contribution in [2.24, 2.45) is 0 Å². The molecular formula is C11H18N4O3S. The molecule has 0 atom stereocenters. The number of aromatic nitrogens is 2. The van der Waals surface area contributed by atoms with Gasteiger partial charge >= 0.3 is 0 Å². The van der Waals surface area contributed by atoms with Gasteiger partial charge in [-0.1, -0.05) is 12.8 Å². The van der Waals surface area contributed by atoms with Gasteiger partial charge in [0.1, 0.15) is 4.90 Å². The second kappa shape index (κ2) is 5.03. The van der Waals surface area contributed by atoms with E-state index in [9.17, 15) is 13.5 Å². The zero-order valence-corrected chi connectivity index (χ0v) is 11.6. The summed E-state index contributed by atoms with van der Waals surface area (Å²) in [5, 5.41) is 10.3. The van der Waals surface area contributed by atoms with Crippen molar-refractivity contribution < 1.29 is 13.5 Å². The fraction of sp³-hybridized carbons (Fsp3) is 0.636. The molecule has 0 radical (unpaired) electrons. The summed E-state index contributed by atoms with van der Waals surface area (Å²) < 4.78 is 25.7. The highest BCUT2D eigenvalue weighted by molar-refractivity contribution is 7.89. The molecular weight excluding hydrogens is 268 g/mol. The van der Waals surface area contributed by atoms with Crippen molar-refractivity contribution in [1.29, 1.82) is 0 Å². The fourth-order valence-electron chi connectivity index (χ4n) is 2.33. The summed E-state index contributed by atoms with van der Waals surface area (Å²) in [5.74, 6) is 0.0241. The molecule has 1 aromatic heterocycles. The number of hydrogen-bond donors (Lipinski definition) is 2. The van der Waals surface area contributed by atoms with Crippen molar-refractivity contribution in [2.75, 3.05) is 19.3 Å². The van der Waals surface area contributed by atoms with E-state index in [-0.39, 0.29) is 17.4 Å². The topological polar surface area (TPSA) is 109 Å². The minimum atomic E-state index is -3.69. The lowest BCUT2D eigenvalue weighted by atomic mass is 10.0. The second-order valence-electron chi connectivity index (χ2n) is 4.97. The zero-order valence-electron chi connectivity index (χ0n) is 10.8. The van der Waals surface area contributed by atoms with E-state index in [1.807, 2.05) is 0 Å². The first-order valence-corrected chi connectivity index (χ1v) is 7.54. The molecule has 1 aliphatic carbocycles. The number of sulfonamides is 1. The number of likely N-dealkylation sites (N-methyl/N-ethyl adjacent to an activating group) is 1. The Labute approximate surface area is 112 Å². The Balaban J connectivity index is 2.17. The minimum Gasteiger partial charge on any atom is -0.389 e. The van der Waals surface area contributed by atoms with Crippen LogP contribution in [0.2, 0.25) is 0 Å². The van der Waals surface area contributed by atoms with Gasteiger partial charge in [-0.05, 0) is 12.8 Å². The van der Waals surface area contributed by atoms with E-state index in [4.69, 9.17) is 5.73 Å². The van der Waals surface area contributed by atoms with Crippen LogP contribution >= 0.6 is 0 Å². The Morgan fingerprint density at radius 2 is 1.89 bits per heavy atom. The highest BCUT2D eigenvalue weighted by atomic mass is 32.2. The van der Waals surface area contributed by atoms with Crippen molar-refractivity contribution >= 4 is 16.0 Å². The van der Waals surface area contributed by atoms with Crippen LogP contribution in [0.4, 0.5) is 5.95 Å². The van der Waals surface area contributed by atoms with Crippen LogP contribution in [-0.4, -0.2) is 47.0 Å². The molecule has 0 amide bonds. The van der Waals surface area contributed by atoms with E-state index < -0.39 is 15.6 Å². The number of rotatable bonds is 4. The molecule has 3 N–H and O–H groups in total. The van der Waals surface area contributed by atoms with Gasteiger partial charge in [0.2, 0.25) is 16.0 Å². The molecule has 0 bridgehead atoms. The number of nitrogen functional groups attached to an aromatic ring is 1. The Bertz CT molecular complexity index is 538. The van der Waals surface area contributed by atoms with Crippen LogP contribution in [0, 0.1) is 0 Å². The van der Waals surface area contributed by atoms with Crippen molar-refractivity contribution in [2.45, 2.75) is 36.2 Å². The smallest absolute Gasteiger partial charge is 0.245 e. The fourth-order valence-corrected chi connectivity index (χ4v) is 3.47. The average Bonchev–Trinajstić information content (AvgIpc) is 2.76. The predicted molar refractivity (Wildman–Crippen MR) is 69.7 cm³/mol. The van der Waals surface area contributed by atoms with Gasteiger partial charge < -0.3 is 10.8 Å². The Morgan fingerprint density at radius 3 is 2.42 bits per heavy atom. The maximum absolute atomic E-state index is 12.3. The Kier molecular flexibility index (Phi) is 3.75. The SMILES string of the molecule is CN(CC1(O)CCCC1)S(=O)(=O)c1cnc(N)nc1. The summed E-state index contributed by atoms with van der Waals surface area (Å²) >= 11 is 0. The first kappa shape index (κ1) is 14.2. The highest BCUT2D eigenvalue weighted by Crippen LogP contribution is 2.31. The predicted octanol–water partition coefficient (Wildman–Crippen LogP) is -0.0156. The molecule has 1 saturated carbocycles. The first-order valence-electron chi connectivity index (χ1n) is 6.10. The molecule has 19 heavy (non-hydrogen) atoms. The van der Waals surface area contributed by atoms with Crippen LogP contribution in [0.15, 0.2) is 17.3 Å². The van der Waals surface area contributed by atoms with E-state index in [1.165, 1.54) is 19.4 Å². The average molecular weight is 286 g/mol. The molecule has 7 nitrogen and oxygen atoms in total. The zero-order chi connectivity index (χ0) is 14.1. The monoisotopic (exact) mass is 286 g/mol.